The summed E-state index contributed by atoms with van der Waals surface area (Å²) in [5.41, 5.74) is -4.63. The number of carbonyl (C=O) groups excluding carboxylic acids is 1. The molecule has 8 heteroatoms. The van der Waals surface area contributed by atoms with Crippen molar-refractivity contribution in [1.29, 1.82) is 0 Å². The first-order chi connectivity index (χ1) is 7.57. The van der Waals surface area contributed by atoms with E-state index >= 15 is 0 Å². The molecule has 0 amide bonds. The number of rotatable bonds is 1. The Morgan fingerprint density at radius 2 is 1.41 bits per heavy atom. The molecule has 1 aromatic rings. The molecule has 0 spiro atoms. The van der Waals surface area contributed by atoms with Gasteiger partial charge >= 0.3 is 12.4 Å². The van der Waals surface area contributed by atoms with Crippen LogP contribution in [0.15, 0.2) is 12.1 Å². The molecule has 2 nitrogen and oxygen atoms in total. The van der Waals surface area contributed by atoms with Gasteiger partial charge in [0.05, 0.1) is 11.1 Å². The molecule has 0 aliphatic rings. The Bertz CT molecular complexity index is 446. The molecule has 1 aromatic carbocycles. The van der Waals surface area contributed by atoms with Crippen molar-refractivity contribution in [1.82, 2.24) is 0 Å². The lowest BCUT2D eigenvalue weighted by Gasteiger charge is -2.14. The first-order valence-electron chi connectivity index (χ1n) is 4.04. The van der Waals surface area contributed by atoms with E-state index in [0.29, 0.717) is 0 Å². The van der Waals surface area contributed by atoms with Gasteiger partial charge in [-0.3, -0.25) is 4.79 Å². The summed E-state index contributed by atoms with van der Waals surface area (Å²) in [7, 11) is 0. The summed E-state index contributed by atoms with van der Waals surface area (Å²) in [6.07, 6.45) is -10.5. The molecule has 0 aliphatic heterocycles. The van der Waals surface area contributed by atoms with Crippen LogP contribution < -0.4 is 0 Å². The second-order valence-corrected chi connectivity index (χ2v) is 3.07. The maximum absolute atomic E-state index is 12.3. The van der Waals surface area contributed by atoms with Crippen LogP contribution >= 0.6 is 0 Å². The number of phenols is 1. The summed E-state index contributed by atoms with van der Waals surface area (Å²) in [5.74, 6) is -1.42. The van der Waals surface area contributed by atoms with Crippen LogP contribution in [0.2, 0.25) is 0 Å². The van der Waals surface area contributed by atoms with Gasteiger partial charge in [0.2, 0.25) is 0 Å². The largest absolute Gasteiger partial charge is 0.507 e. The maximum Gasteiger partial charge on any atom is 0.419 e. The van der Waals surface area contributed by atoms with E-state index in [1.807, 2.05) is 0 Å². The van der Waals surface area contributed by atoms with Gasteiger partial charge in [-0.1, -0.05) is 0 Å². The second-order valence-electron chi connectivity index (χ2n) is 3.07. The third-order valence-electron chi connectivity index (χ3n) is 1.91. The lowest BCUT2D eigenvalue weighted by molar-refractivity contribution is -0.143. The maximum atomic E-state index is 12.3. The number of halogens is 6. The first-order valence-corrected chi connectivity index (χ1v) is 4.04. The molecule has 0 heterocycles. The average Bonchev–Trinajstić information content (AvgIpc) is 2.13. The fraction of sp³-hybridized carbons (Fsp3) is 0.222. The summed E-state index contributed by atoms with van der Waals surface area (Å²) in [6.45, 7) is 0. The monoisotopic (exact) mass is 258 g/mol. The number of hydrogen-bond donors (Lipinski definition) is 1. The van der Waals surface area contributed by atoms with E-state index in [2.05, 4.69) is 0 Å². The second kappa shape index (κ2) is 3.94. The van der Waals surface area contributed by atoms with Crippen molar-refractivity contribution < 1.29 is 36.2 Å². The van der Waals surface area contributed by atoms with Crippen LogP contribution in [-0.2, 0) is 12.4 Å². The molecule has 0 bridgehead atoms. The molecule has 0 unspecified atom stereocenters. The average molecular weight is 258 g/mol. The highest BCUT2D eigenvalue weighted by Gasteiger charge is 2.40. The topological polar surface area (TPSA) is 37.3 Å². The van der Waals surface area contributed by atoms with Gasteiger partial charge in [0.1, 0.15) is 5.75 Å². The van der Waals surface area contributed by atoms with Gasteiger partial charge in [0, 0.05) is 5.56 Å². The number of phenolic OH excluding ortho intramolecular Hbond substituents is 1. The standard InChI is InChI=1S/C9H4F6O2/c10-8(11,12)5-2-6(9(13,14)15)7(17)1-4(5)3-16/h1-3,17H. The van der Waals surface area contributed by atoms with E-state index in [-0.39, 0.29) is 18.4 Å². The molecule has 0 aromatic heterocycles. The molecular weight excluding hydrogens is 254 g/mol. The Kier molecular flexibility index (Phi) is 3.09. The van der Waals surface area contributed by atoms with Crippen LogP contribution in [-0.4, -0.2) is 11.4 Å². The van der Waals surface area contributed by atoms with E-state index in [1.54, 1.807) is 0 Å². The molecule has 0 fully saturated rings. The van der Waals surface area contributed by atoms with Crippen LogP contribution in [0, 0.1) is 0 Å². The third kappa shape index (κ3) is 2.69. The molecule has 17 heavy (non-hydrogen) atoms. The van der Waals surface area contributed by atoms with Gasteiger partial charge in [0.15, 0.2) is 6.29 Å². The van der Waals surface area contributed by atoms with E-state index in [9.17, 15) is 31.1 Å². The third-order valence-corrected chi connectivity index (χ3v) is 1.91. The summed E-state index contributed by atoms with van der Waals surface area (Å²) < 4.78 is 73.7. The predicted octanol–water partition coefficient (Wildman–Crippen LogP) is 3.24. The number of hydrogen-bond acceptors (Lipinski definition) is 2. The zero-order valence-corrected chi connectivity index (χ0v) is 7.86. The van der Waals surface area contributed by atoms with Gasteiger partial charge < -0.3 is 5.11 Å². The molecule has 1 N–H and O–H groups in total. The molecule has 0 radical (unpaired) electrons. The summed E-state index contributed by atoms with van der Waals surface area (Å²) in [4.78, 5) is 10.3. The smallest absolute Gasteiger partial charge is 0.419 e. The van der Waals surface area contributed by atoms with Crippen molar-refractivity contribution >= 4 is 6.29 Å². The Hall–Kier alpha value is -1.73. The van der Waals surface area contributed by atoms with Gasteiger partial charge in [-0.2, -0.15) is 26.3 Å². The van der Waals surface area contributed by atoms with Crippen LogP contribution in [0.3, 0.4) is 0 Å². The highest BCUT2D eigenvalue weighted by molar-refractivity contribution is 5.79. The molecule has 94 valence electrons. The number of carbonyl (C=O) groups is 1. The van der Waals surface area contributed by atoms with Gasteiger partial charge in [-0.15, -0.1) is 0 Å². The predicted molar refractivity (Wildman–Crippen MR) is 43.5 cm³/mol. The number of alkyl halides is 6. The SMILES string of the molecule is O=Cc1cc(O)c(C(F)(F)F)cc1C(F)(F)F. The Morgan fingerprint density at radius 1 is 0.941 bits per heavy atom. The number of aromatic hydroxyl groups is 1. The van der Waals surface area contributed by atoms with Gasteiger partial charge in [0.25, 0.3) is 0 Å². The lowest BCUT2D eigenvalue weighted by atomic mass is 10.0. The molecule has 0 saturated heterocycles. The lowest BCUT2D eigenvalue weighted by Crippen LogP contribution is -2.13. The van der Waals surface area contributed by atoms with Crippen molar-refractivity contribution in [2.45, 2.75) is 12.4 Å². The van der Waals surface area contributed by atoms with Crippen molar-refractivity contribution in [3.8, 4) is 5.75 Å². The normalized spacial score (nSPS) is 12.6. The zero-order chi connectivity index (χ0) is 13.4. The van der Waals surface area contributed by atoms with Crippen molar-refractivity contribution in [3.63, 3.8) is 0 Å². The van der Waals surface area contributed by atoms with Crippen molar-refractivity contribution in [2.75, 3.05) is 0 Å². The van der Waals surface area contributed by atoms with Crippen LogP contribution in [0.5, 0.6) is 5.75 Å². The molecular formula is C9H4F6O2. The molecule has 0 aliphatic carbocycles. The molecule has 0 saturated carbocycles. The molecule has 0 atom stereocenters. The van der Waals surface area contributed by atoms with Crippen molar-refractivity contribution in [3.05, 3.63) is 28.8 Å². The zero-order valence-electron chi connectivity index (χ0n) is 7.86. The fourth-order valence-corrected chi connectivity index (χ4v) is 1.17. The Labute approximate surface area is 90.5 Å². The van der Waals surface area contributed by atoms with E-state index < -0.39 is 34.8 Å². The summed E-state index contributed by atoms with van der Waals surface area (Å²) in [6, 6.07) is -0.155. The van der Waals surface area contributed by atoms with Crippen LogP contribution in [0.1, 0.15) is 21.5 Å². The molecule has 1 rings (SSSR count). The van der Waals surface area contributed by atoms with Crippen LogP contribution in [0.25, 0.3) is 0 Å². The fourth-order valence-electron chi connectivity index (χ4n) is 1.17. The number of aldehydes is 1. The summed E-state index contributed by atoms with van der Waals surface area (Å²) >= 11 is 0. The quantitative estimate of drug-likeness (QED) is 0.620. The minimum atomic E-state index is -5.13. The highest BCUT2D eigenvalue weighted by Crippen LogP contribution is 2.41. The van der Waals surface area contributed by atoms with Crippen molar-refractivity contribution in [2.24, 2.45) is 0 Å². The Morgan fingerprint density at radius 3 is 1.76 bits per heavy atom. The van der Waals surface area contributed by atoms with Gasteiger partial charge in [-0.05, 0) is 12.1 Å². The highest BCUT2D eigenvalue weighted by atomic mass is 19.4. The minimum absolute atomic E-state index is 0.138. The summed E-state index contributed by atoms with van der Waals surface area (Å²) in [5, 5.41) is 8.90. The van der Waals surface area contributed by atoms with E-state index in [0.717, 1.165) is 0 Å². The first kappa shape index (κ1) is 13.3. The van der Waals surface area contributed by atoms with E-state index in [4.69, 9.17) is 5.11 Å². The Balaban J connectivity index is 3.55. The number of benzene rings is 1. The van der Waals surface area contributed by atoms with Crippen LogP contribution in [0.4, 0.5) is 26.3 Å². The van der Waals surface area contributed by atoms with E-state index in [1.165, 1.54) is 0 Å². The minimum Gasteiger partial charge on any atom is -0.507 e. The van der Waals surface area contributed by atoms with Gasteiger partial charge in [-0.25, -0.2) is 0 Å².